The second-order valence-electron chi connectivity index (χ2n) is 9.17. The van der Waals surface area contributed by atoms with Crippen molar-refractivity contribution in [3.8, 4) is 11.8 Å². The van der Waals surface area contributed by atoms with Crippen molar-refractivity contribution in [1.82, 2.24) is 5.32 Å². The van der Waals surface area contributed by atoms with Gasteiger partial charge in [0.2, 0.25) is 5.91 Å². The lowest BCUT2D eigenvalue weighted by Gasteiger charge is -2.30. The summed E-state index contributed by atoms with van der Waals surface area (Å²) in [6.07, 6.45) is 0. The third-order valence-electron chi connectivity index (χ3n) is 6.38. The zero-order valence-corrected chi connectivity index (χ0v) is 23.1. The Bertz CT molecular complexity index is 1510. The number of ether oxygens (including phenoxy) is 1. The third kappa shape index (κ3) is 6.33. The van der Waals surface area contributed by atoms with Gasteiger partial charge in [0.1, 0.15) is 5.75 Å². The number of rotatable bonds is 8. The molecule has 1 aliphatic heterocycles. The van der Waals surface area contributed by atoms with Crippen LogP contribution in [0.1, 0.15) is 29.5 Å². The minimum Gasteiger partial charge on any atom is -0.495 e. The lowest BCUT2D eigenvalue weighted by atomic mass is 9.82. The van der Waals surface area contributed by atoms with Gasteiger partial charge in [-0.2, -0.15) is 5.26 Å². The van der Waals surface area contributed by atoms with Crippen LogP contribution in [0.5, 0.6) is 5.75 Å². The average Bonchev–Trinajstić information content (AvgIpc) is 2.93. The smallest absolute Gasteiger partial charge is 0.254 e. The van der Waals surface area contributed by atoms with Gasteiger partial charge in [-0.25, -0.2) is 0 Å². The van der Waals surface area contributed by atoms with E-state index in [0.717, 1.165) is 22.4 Å². The first-order valence-electron chi connectivity index (χ1n) is 12.4. The number of thioether (sulfide) groups is 1. The van der Waals surface area contributed by atoms with Crippen LogP contribution in [0.3, 0.4) is 0 Å². The van der Waals surface area contributed by atoms with E-state index in [0.29, 0.717) is 33.3 Å². The summed E-state index contributed by atoms with van der Waals surface area (Å²) in [5, 5.41) is 19.9. The number of hydrogen-bond acceptors (Lipinski definition) is 6. The van der Waals surface area contributed by atoms with Crippen molar-refractivity contribution >= 4 is 35.0 Å². The number of methoxy groups -OCH3 is 1. The largest absolute Gasteiger partial charge is 0.495 e. The fourth-order valence-corrected chi connectivity index (χ4v) is 5.41. The zero-order valence-electron chi connectivity index (χ0n) is 22.3. The number of carbonyl (C=O) groups is 2. The number of nitrogens with one attached hydrogen (secondary N) is 3. The van der Waals surface area contributed by atoms with Gasteiger partial charge in [-0.3, -0.25) is 9.59 Å². The summed E-state index contributed by atoms with van der Waals surface area (Å²) >= 11 is 1.24. The van der Waals surface area contributed by atoms with Crippen molar-refractivity contribution in [2.24, 2.45) is 0 Å². The Kier molecular flexibility index (Phi) is 8.74. The first-order chi connectivity index (χ1) is 18.8. The van der Waals surface area contributed by atoms with Crippen molar-refractivity contribution in [3.05, 3.63) is 111 Å². The van der Waals surface area contributed by atoms with E-state index in [1.165, 1.54) is 11.8 Å². The Morgan fingerprint density at radius 2 is 1.69 bits per heavy atom. The fraction of sp³-hybridized carbons (Fsp3) is 0.194. The van der Waals surface area contributed by atoms with E-state index in [9.17, 15) is 14.9 Å². The Balaban J connectivity index is 1.62. The van der Waals surface area contributed by atoms with Gasteiger partial charge in [-0.1, -0.05) is 71.9 Å². The molecule has 8 heteroatoms. The molecule has 0 bridgehead atoms. The number of benzene rings is 3. The van der Waals surface area contributed by atoms with Crippen LogP contribution >= 0.6 is 11.8 Å². The van der Waals surface area contributed by atoms with Crippen molar-refractivity contribution in [2.75, 3.05) is 23.5 Å². The zero-order chi connectivity index (χ0) is 27.9. The molecule has 0 fully saturated rings. The van der Waals surface area contributed by atoms with Gasteiger partial charge in [0.15, 0.2) is 0 Å². The number of allylic oxidation sites excluding steroid dienone is 2. The minimum absolute atomic E-state index is 0.0956. The number of nitrogens with zero attached hydrogens (tertiary/aromatic N) is 1. The summed E-state index contributed by atoms with van der Waals surface area (Å²) in [6, 6.07) is 24.7. The van der Waals surface area contributed by atoms with Crippen molar-refractivity contribution in [1.29, 1.82) is 5.26 Å². The molecule has 39 heavy (non-hydrogen) atoms. The van der Waals surface area contributed by atoms with Crippen LogP contribution in [0.25, 0.3) is 0 Å². The SMILES string of the molecule is COc1ccccc1NC(=O)C1=C(C)NC(SCC(=O)Nc2ccc(C)cc2C)=C(C#N)[C@H]1c1ccccc1. The molecule has 198 valence electrons. The summed E-state index contributed by atoms with van der Waals surface area (Å²) in [5.74, 6) is -0.513. The van der Waals surface area contributed by atoms with E-state index in [2.05, 4.69) is 22.0 Å². The summed E-state index contributed by atoms with van der Waals surface area (Å²) in [6.45, 7) is 5.76. The monoisotopic (exact) mass is 538 g/mol. The number of hydrogen-bond donors (Lipinski definition) is 3. The molecule has 1 aliphatic rings. The van der Waals surface area contributed by atoms with Crippen LogP contribution in [-0.4, -0.2) is 24.7 Å². The maximum absolute atomic E-state index is 13.7. The summed E-state index contributed by atoms with van der Waals surface area (Å²) < 4.78 is 5.39. The molecular formula is C31H30N4O3S. The van der Waals surface area contributed by atoms with Gasteiger partial charge in [-0.05, 0) is 50.1 Å². The fourth-order valence-electron chi connectivity index (χ4n) is 4.52. The molecule has 7 nitrogen and oxygen atoms in total. The summed E-state index contributed by atoms with van der Waals surface area (Å²) in [5.41, 5.74) is 5.60. The molecule has 3 aromatic rings. The molecule has 3 N–H and O–H groups in total. The van der Waals surface area contributed by atoms with Gasteiger partial charge in [-0.15, -0.1) is 0 Å². The first-order valence-corrected chi connectivity index (χ1v) is 13.4. The number of nitriles is 1. The standard InChI is InChI=1S/C31H30N4O3S/c1-19-14-15-24(20(2)16-19)34-27(36)18-39-31-23(17-32)29(22-10-6-5-7-11-22)28(21(3)33-31)30(37)35-25-12-8-9-13-26(25)38-4/h5-16,29,33H,18H2,1-4H3,(H,34,36)(H,35,37)/t29-/m1/s1. The third-order valence-corrected chi connectivity index (χ3v) is 7.40. The number of carbonyl (C=O) groups excluding carboxylic acids is 2. The van der Waals surface area contributed by atoms with Gasteiger partial charge >= 0.3 is 0 Å². The van der Waals surface area contributed by atoms with Crippen molar-refractivity contribution in [3.63, 3.8) is 0 Å². The van der Waals surface area contributed by atoms with Gasteiger partial charge in [0.05, 0.1) is 41.1 Å². The highest BCUT2D eigenvalue weighted by Crippen LogP contribution is 2.41. The van der Waals surface area contributed by atoms with Gasteiger partial charge in [0, 0.05) is 17.0 Å². The predicted molar refractivity (Wildman–Crippen MR) is 156 cm³/mol. The molecule has 0 aliphatic carbocycles. The Morgan fingerprint density at radius 3 is 2.38 bits per heavy atom. The quantitative estimate of drug-likeness (QED) is 0.324. The Labute approximate surface area is 233 Å². The highest BCUT2D eigenvalue weighted by molar-refractivity contribution is 8.03. The molecule has 0 saturated heterocycles. The van der Waals surface area contributed by atoms with Gasteiger partial charge < -0.3 is 20.7 Å². The lowest BCUT2D eigenvalue weighted by Crippen LogP contribution is -2.31. The number of aryl methyl sites for hydroxylation is 2. The molecule has 1 heterocycles. The molecular weight excluding hydrogens is 508 g/mol. The molecule has 0 radical (unpaired) electrons. The topological polar surface area (TPSA) is 103 Å². The summed E-state index contributed by atoms with van der Waals surface area (Å²) in [7, 11) is 1.54. The molecule has 0 aromatic heterocycles. The number of anilines is 2. The van der Waals surface area contributed by atoms with Crippen molar-refractivity contribution in [2.45, 2.75) is 26.7 Å². The first kappa shape index (κ1) is 27.6. The van der Waals surface area contributed by atoms with Crippen LogP contribution in [0, 0.1) is 25.2 Å². The number of para-hydroxylation sites is 2. The van der Waals surface area contributed by atoms with E-state index in [4.69, 9.17) is 4.74 Å². The van der Waals surface area contributed by atoms with E-state index in [1.54, 1.807) is 26.2 Å². The maximum Gasteiger partial charge on any atom is 0.254 e. The minimum atomic E-state index is -0.614. The molecule has 0 spiro atoms. The van der Waals surface area contributed by atoms with E-state index < -0.39 is 5.92 Å². The average molecular weight is 539 g/mol. The highest BCUT2D eigenvalue weighted by Gasteiger charge is 2.35. The maximum atomic E-state index is 13.7. The lowest BCUT2D eigenvalue weighted by molar-refractivity contribution is -0.114. The molecule has 4 rings (SSSR count). The molecule has 0 saturated carbocycles. The highest BCUT2D eigenvalue weighted by atomic mass is 32.2. The van der Waals surface area contributed by atoms with Crippen LogP contribution in [0.15, 0.2) is 94.7 Å². The Hall–Kier alpha value is -4.48. The number of dihydropyridines is 1. The summed E-state index contributed by atoms with van der Waals surface area (Å²) in [4.78, 5) is 26.5. The van der Waals surface area contributed by atoms with E-state index >= 15 is 0 Å². The van der Waals surface area contributed by atoms with Crippen LogP contribution in [-0.2, 0) is 9.59 Å². The second-order valence-corrected chi connectivity index (χ2v) is 10.2. The Morgan fingerprint density at radius 1 is 0.974 bits per heavy atom. The van der Waals surface area contributed by atoms with E-state index in [-0.39, 0.29) is 17.6 Å². The van der Waals surface area contributed by atoms with Crippen LogP contribution in [0.4, 0.5) is 11.4 Å². The second kappa shape index (κ2) is 12.4. The van der Waals surface area contributed by atoms with Crippen LogP contribution in [0.2, 0.25) is 0 Å². The van der Waals surface area contributed by atoms with Gasteiger partial charge in [0.25, 0.3) is 5.91 Å². The number of amides is 2. The molecule has 1 atom stereocenters. The van der Waals surface area contributed by atoms with Crippen molar-refractivity contribution < 1.29 is 14.3 Å². The normalized spacial score (nSPS) is 14.8. The molecule has 3 aromatic carbocycles. The molecule has 2 amide bonds. The predicted octanol–water partition coefficient (Wildman–Crippen LogP) is 6.02. The molecule has 0 unspecified atom stereocenters. The van der Waals surface area contributed by atoms with Crippen LogP contribution < -0.4 is 20.7 Å². The van der Waals surface area contributed by atoms with E-state index in [1.807, 2.05) is 74.5 Å².